The van der Waals surface area contributed by atoms with E-state index in [0.29, 0.717) is 22.6 Å². The van der Waals surface area contributed by atoms with E-state index >= 15 is 0 Å². The zero-order valence-electron chi connectivity index (χ0n) is 13.3. The molecule has 2 rings (SSSR count). The standard InChI is InChI=1S/C18H18O5/c1-12-4-5-14(10-17(12)22-3)18(20)23-11-16(19)13-6-8-15(21-2)9-7-13/h4-10H,11H2,1-3H3. The molecule has 0 saturated heterocycles. The maximum atomic E-state index is 12.0. The molecule has 0 spiro atoms. The molecule has 0 N–H and O–H groups in total. The van der Waals surface area contributed by atoms with Crippen LogP contribution in [-0.2, 0) is 4.74 Å². The van der Waals surface area contributed by atoms with Gasteiger partial charge in [0.15, 0.2) is 12.4 Å². The second-order valence-electron chi connectivity index (χ2n) is 4.91. The van der Waals surface area contributed by atoms with E-state index in [-0.39, 0.29) is 12.4 Å². The van der Waals surface area contributed by atoms with Crippen LogP contribution in [0.2, 0.25) is 0 Å². The zero-order chi connectivity index (χ0) is 16.8. The molecular formula is C18H18O5. The molecule has 0 aliphatic heterocycles. The molecule has 23 heavy (non-hydrogen) atoms. The van der Waals surface area contributed by atoms with Gasteiger partial charge in [-0.15, -0.1) is 0 Å². The van der Waals surface area contributed by atoms with E-state index in [1.165, 1.54) is 7.11 Å². The topological polar surface area (TPSA) is 61.8 Å². The largest absolute Gasteiger partial charge is 0.497 e. The SMILES string of the molecule is COc1ccc(C(=O)COC(=O)c2ccc(C)c(OC)c2)cc1. The molecule has 2 aromatic rings. The van der Waals surface area contributed by atoms with Crippen LogP contribution in [0.5, 0.6) is 11.5 Å². The Morgan fingerprint density at radius 1 is 0.913 bits per heavy atom. The minimum Gasteiger partial charge on any atom is -0.497 e. The number of rotatable bonds is 6. The van der Waals surface area contributed by atoms with E-state index in [0.717, 1.165) is 5.56 Å². The summed E-state index contributed by atoms with van der Waals surface area (Å²) >= 11 is 0. The first kappa shape index (κ1) is 16.5. The number of carbonyl (C=O) groups excluding carboxylic acids is 2. The van der Waals surface area contributed by atoms with Crippen molar-refractivity contribution < 1.29 is 23.8 Å². The summed E-state index contributed by atoms with van der Waals surface area (Å²) in [7, 11) is 3.08. The first-order valence-corrected chi connectivity index (χ1v) is 7.04. The number of hydrogen-bond donors (Lipinski definition) is 0. The van der Waals surface area contributed by atoms with Crippen LogP contribution in [0.4, 0.5) is 0 Å². The highest BCUT2D eigenvalue weighted by Crippen LogP contribution is 2.19. The van der Waals surface area contributed by atoms with Gasteiger partial charge in [-0.1, -0.05) is 6.07 Å². The third-order valence-electron chi connectivity index (χ3n) is 3.39. The van der Waals surface area contributed by atoms with Crippen molar-refractivity contribution in [1.82, 2.24) is 0 Å². The highest BCUT2D eigenvalue weighted by atomic mass is 16.5. The molecule has 0 aromatic heterocycles. The van der Waals surface area contributed by atoms with E-state index in [1.54, 1.807) is 49.6 Å². The van der Waals surface area contributed by atoms with Gasteiger partial charge in [0.2, 0.25) is 0 Å². The Kier molecular flexibility index (Phi) is 5.36. The second-order valence-corrected chi connectivity index (χ2v) is 4.91. The highest BCUT2D eigenvalue weighted by molar-refractivity contribution is 5.99. The minimum absolute atomic E-state index is 0.278. The van der Waals surface area contributed by atoms with Crippen LogP contribution < -0.4 is 9.47 Å². The summed E-state index contributed by atoms with van der Waals surface area (Å²) in [6, 6.07) is 11.6. The molecule has 0 saturated carbocycles. The Hall–Kier alpha value is -2.82. The first-order chi connectivity index (χ1) is 11.0. The molecule has 0 fully saturated rings. The van der Waals surface area contributed by atoms with E-state index in [1.807, 2.05) is 6.92 Å². The Morgan fingerprint density at radius 3 is 2.17 bits per heavy atom. The summed E-state index contributed by atoms with van der Waals surface area (Å²) in [5.74, 6) is 0.413. The Morgan fingerprint density at radius 2 is 1.57 bits per heavy atom. The lowest BCUT2D eigenvalue weighted by molar-refractivity contribution is 0.0474. The molecule has 0 heterocycles. The molecule has 2 aromatic carbocycles. The Labute approximate surface area is 134 Å². The van der Waals surface area contributed by atoms with Crippen molar-refractivity contribution in [3.05, 3.63) is 59.2 Å². The second kappa shape index (κ2) is 7.45. The van der Waals surface area contributed by atoms with Crippen LogP contribution in [-0.4, -0.2) is 32.6 Å². The van der Waals surface area contributed by atoms with Crippen molar-refractivity contribution in [2.45, 2.75) is 6.92 Å². The number of ether oxygens (including phenoxy) is 3. The molecule has 120 valence electrons. The summed E-state index contributed by atoms with van der Waals surface area (Å²) in [5, 5.41) is 0. The van der Waals surface area contributed by atoms with Crippen molar-refractivity contribution in [2.24, 2.45) is 0 Å². The summed E-state index contributed by atoms with van der Waals surface area (Å²) in [4.78, 5) is 24.0. The van der Waals surface area contributed by atoms with Gasteiger partial charge in [-0.25, -0.2) is 4.79 Å². The normalized spacial score (nSPS) is 10.0. The number of carbonyl (C=O) groups is 2. The third kappa shape index (κ3) is 4.10. The third-order valence-corrected chi connectivity index (χ3v) is 3.39. The molecular weight excluding hydrogens is 296 g/mol. The first-order valence-electron chi connectivity index (χ1n) is 7.04. The predicted octanol–water partition coefficient (Wildman–Crippen LogP) is 3.05. The van der Waals surface area contributed by atoms with Crippen LogP contribution >= 0.6 is 0 Å². The van der Waals surface area contributed by atoms with E-state index < -0.39 is 5.97 Å². The van der Waals surface area contributed by atoms with Gasteiger partial charge in [-0.05, 0) is 48.9 Å². The fourth-order valence-corrected chi connectivity index (χ4v) is 2.02. The van der Waals surface area contributed by atoms with Crippen molar-refractivity contribution >= 4 is 11.8 Å². The van der Waals surface area contributed by atoms with E-state index in [4.69, 9.17) is 14.2 Å². The summed E-state index contributed by atoms with van der Waals surface area (Å²) in [5.41, 5.74) is 1.72. The van der Waals surface area contributed by atoms with E-state index in [2.05, 4.69) is 0 Å². The molecule has 0 aliphatic rings. The number of Topliss-reactive ketones (excluding diaryl/α,β-unsaturated/α-hetero) is 1. The summed E-state index contributed by atoms with van der Waals surface area (Å²) in [6.45, 7) is 1.56. The van der Waals surface area contributed by atoms with Gasteiger partial charge < -0.3 is 14.2 Å². The van der Waals surface area contributed by atoms with E-state index in [9.17, 15) is 9.59 Å². The van der Waals surface area contributed by atoms with Gasteiger partial charge >= 0.3 is 5.97 Å². The van der Waals surface area contributed by atoms with Crippen molar-refractivity contribution in [3.63, 3.8) is 0 Å². The maximum Gasteiger partial charge on any atom is 0.338 e. The monoisotopic (exact) mass is 314 g/mol. The number of benzene rings is 2. The number of methoxy groups -OCH3 is 2. The molecule has 0 radical (unpaired) electrons. The van der Waals surface area contributed by atoms with Crippen molar-refractivity contribution in [3.8, 4) is 11.5 Å². The maximum absolute atomic E-state index is 12.0. The molecule has 0 unspecified atom stereocenters. The van der Waals surface area contributed by atoms with Crippen LogP contribution in [0.1, 0.15) is 26.3 Å². The molecule has 0 atom stereocenters. The van der Waals surface area contributed by atoms with Gasteiger partial charge in [-0.2, -0.15) is 0 Å². The van der Waals surface area contributed by atoms with Crippen molar-refractivity contribution in [2.75, 3.05) is 20.8 Å². The molecule has 5 nitrogen and oxygen atoms in total. The highest BCUT2D eigenvalue weighted by Gasteiger charge is 2.13. The quantitative estimate of drug-likeness (QED) is 0.606. The summed E-state index contributed by atoms with van der Waals surface area (Å²) in [6.07, 6.45) is 0. The smallest absolute Gasteiger partial charge is 0.338 e. The molecule has 0 aliphatic carbocycles. The lowest BCUT2D eigenvalue weighted by atomic mass is 10.1. The van der Waals surface area contributed by atoms with Crippen LogP contribution in [0.15, 0.2) is 42.5 Å². The molecule has 0 amide bonds. The Balaban J connectivity index is 1.99. The Bertz CT molecular complexity index is 704. The minimum atomic E-state index is -0.565. The number of esters is 1. The molecule has 5 heteroatoms. The van der Waals surface area contributed by atoms with Gasteiger partial charge in [0.25, 0.3) is 0 Å². The lowest BCUT2D eigenvalue weighted by Gasteiger charge is -2.08. The fraction of sp³-hybridized carbons (Fsp3) is 0.222. The summed E-state index contributed by atoms with van der Waals surface area (Å²) < 4.78 is 15.3. The average Bonchev–Trinajstić information content (AvgIpc) is 2.59. The van der Waals surface area contributed by atoms with Crippen LogP contribution in [0.3, 0.4) is 0 Å². The lowest BCUT2D eigenvalue weighted by Crippen LogP contribution is -2.14. The van der Waals surface area contributed by atoms with Crippen LogP contribution in [0.25, 0.3) is 0 Å². The molecule has 0 bridgehead atoms. The predicted molar refractivity (Wildman–Crippen MR) is 85.3 cm³/mol. The van der Waals surface area contributed by atoms with Gasteiger partial charge in [0, 0.05) is 5.56 Å². The number of aryl methyl sites for hydroxylation is 1. The number of hydrogen-bond acceptors (Lipinski definition) is 5. The van der Waals surface area contributed by atoms with Gasteiger partial charge in [0.05, 0.1) is 19.8 Å². The zero-order valence-corrected chi connectivity index (χ0v) is 13.3. The van der Waals surface area contributed by atoms with Crippen molar-refractivity contribution in [1.29, 1.82) is 0 Å². The van der Waals surface area contributed by atoms with Crippen LogP contribution in [0, 0.1) is 6.92 Å². The average molecular weight is 314 g/mol. The van der Waals surface area contributed by atoms with Gasteiger partial charge in [0.1, 0.15) is 11.5 Å². The number of ketones is 1. The fourth-order valence-electron chi connectivity index (χ4n) is 2.02. The van der Waals surface area contributed by atoms with Gasteiger partial charge in [-0.3, -0.25) is 4.79 Å².